The van der Waals surface area contributed by atoms with Gasteiger partial charge in [0.15, 0.2) is 5.69 Å². The van der Waals surface area contributed by atoms with Gasteiger partial charge in [0.1, 0.15) is 0 Å². The molecule has 2 aliphatic rings. The molecule has 9 heteroatoms. The van der Waals surface area contributed by atoms with Crippen molar-refractivity contribution in [2.45, 2.75) is 26.1 Å². The van der Waals surface area contributed by atoms with E-state index >= 15 is 0 Å². The van der Waals surface area contributed by atoms with Gasteiger partial charge in [0.05, 0.1) is 25.8 Å². The van der Waals surface area contributed by atoms with Crippen LogP contribution < -0.4 is 5.32 Å². The molecule has 1 aromatic heterocycles. The topological polar surface area (TPSA) is 96.8 Å². The summed E-state index contributed by atoms with van der Waals surface area (Å²) in [5.41, 5.74) is 5.14. The van der Waals surface area contributed by atoms with Crippen molar-refractivity contribution in [1.82, 2.24) is 24.9 Å². The van der Waals surface area contributed by atoms with Gasteiger partial charge in [0.25, 0.3) is 5.91 Å². The summed E-state index contributed by atoms with van der Waals surface area (Å²) in [5.74, 6) is -0.703. The number of nitrogens with zero attached hydrogens (tertiary/aromatic N) is 4. The van der Waals surface area contributed by atoms with Crippen LogP contribution in [0.3, 0.4) is 0 Å². The molecule has 0 radical (unpaired) electrons. The Morgan fingerprint density at radius 2 is 1.72 bits per heavy atom. The van der Waals surface area contributed by atoms with Gasteiger partial charge in [0, 0.05) is 50.4 Å². The highest BCUT2D eigenvalue weighted by Crippen LogP contribution is 2.26. The lowest BCUT2D eigenvalue weighted by molar-refractivity contribution is -0.123. The summed E-state index contributed by atoms with van der Waals surface area (Å²) >= 11 is 0. The maximum Gasteiger partial charge on any atom is 0.337 e. The van der Waals surface area contributed by atoms with Crippen molar-refractivity contribution in [3.05, 3.63) is 88.2 Å². The molecule has 0 aliphatic carbocycles. The van der Waals surface area contributed by atoms with Crippen LogP contribution in [0.15, 0.2) is 54.6 Å². The normalized spacial score (nSPS) is 15.8. The van der Waals surface area contributed by atoms with E-state index in [9.17, 15) is 14.4 Å². The quantitative estimate of drug-likeness (QED) is 0.533. The van der Waals surface area contributed by atoms with Crippen LogP contribution >= 0.6 is 0 Å². The van der Waals surface area contributed by atoms with E-state index in [1.807, 2.05) is 35.0 Å². The summed E-state index contributed by atoms with van der Waals surface area (Å²) in [7, 11) is 1.37. The first kappa shape index (κ1) is 23.7. The fourth-order valence-electron chi connectivity index (χ4n) is 4.82. The molecule has 0 saturated carbocycles. The smallest absolute Gasteiger partial charge is 0.337 e. The van der Waals surface area contributed by atoms with Gasteiger partial charge in [-0.1, -0.05) is 42.5 Å². The van der Waals surface area contributed by atoms with Gasteiger partial charge in [-0.2, -0.15) is 5.10 Å². The molecule has 0 bridgehead atoms. The SMILES string of the molecule is COC(=O)c1ccc(CN2CCc3c(c(C(=O)N4CCNC(=O)C4)nn3Cc3ccccc3)C2)cc1. The summed E-state index contributed by atoms with van der Waals surface area (Å²) < 4.78 is 6.73. The third-order valence-corrected chi connectivity index (χ3v) is 6.70. The second-order valence-electron chi connectivity index (χ2n) is 9.14. The molecule has 1 N–H and O–H groups in total. The van der Waals surface area contributed by atoms with E-state index in [1.165, 1.54) is 7.11 Å². The minimum absolute atomic E-state index is 0.0510. The molecule has 36 heavy (non-hydrogen) atoms. The van der Waals surface area contributed by atoms with Gasteiger partial charge in [-0.3, -0.25) is 19.2 Å². The Labute approximate surface area is 209 Å². The monoisotopic (exact) mass is 487 g/mol. The predicted molar refractivity (Wildman–Crippen MR) is 132 cm³/mol. The number of nitrogens with one attached hydrogen (secondary N) is 1. The average Bonchev–Trinajstić information content (AvgIpc) is 3.26. The number of rotatable bonds is 6. The van der Waals surface area contributed by atoms with Crippen LogP contribution in [-0.4, -0.2) is 70.7 Å². The summed E-state index contributed by atoms with van der Waals surface area (Å²) in [6.45, 7) is 3.66. The molecular formula is C27H29N5O4. The fourth-order valence-corrected chi connectivity index (χ4v) is 4.82. The van der Waals surface area contributed by atoms with E-state index < -0.39 is 0 Å². The minimum Gasteiger partial charge on any atom is -0.465 e. The lowest BCUT2D eigenvalue weighted by Gasteiger charge is -2.29. The molecule has 3 aromatic rings. The molecule has 2 aromatic carbocycles. The van der Waals surface area contributed by atoms with Crippen molar-refractivity contribution in [2.24, 2.45) is 0 Å². The van der Waals surface area contributed by atoms with Crippen LogP contribution in [0.4, 0.5) is 0 Å². The van der Waals surface area contributed by atoms with Gasteiger partial charge >= 0.3 is 5.97 Å². The maximum atomic E-state index is 13.5. The number of benzene rings is 2. The van der Waals surface area contributed by atoms with Crippen LogP contribution in [0.1, 0.15) is 43.2 Å². The van der Waals surface area contributed by atoms with E-state index in [-0.39, 0.29) is 24.3 Å². The van der Waals surface area contributed by atoms with Gasteiger partial charge < -0.3 is 15.0 Å². The zero-order valence-corrected chi connectivity index (χ0v) is 20.3. The number of piperazine rings is 1. The number of hydrogen-bond donors (Lipinski definition) is 1. The second kappa shape index (κ2) is 10.3. The zero-order valence-electron chi connectivity index (χ0n) is 20.3. The first-order valence-corrected chi connectivity index (χ1v) is 12.1. The highest BCUT2D eigenvalue weighted by atomic mass is 16.5. The standard InChI is InChI=1S/C27H29N5O4/c1-36-27(35)21-9-7-20(8-10-21)15-30-13-11-23-22(17-30)25(26(34)31-14-12-28-24(33)18-31)29-32(23)16-19-5-3-2-4-6-19/h2-10H,11-18H2,1H3,(H,28,33). The number of amides is 2. The summed E-state index contributed by atoms with van der Waals surface area (Å²) in [6.07, 6.45) is 0.767. The van der Waals surface area contributed by atoms with Crippen LogP contribution in [0.2, 0.25) is 0 Å². The molecule has 0 atom stereocenters. The van der Waals surface area contributed by atoms with Gasteiger partial charge in [0.2, 0.25) is 5.91 Å². The lowest BCUT2D eigenvalue weighted by atomic mass is 10.0. The van der Waals surface area contributed by atoms with Crippen molar-refractivity contribution >= 4 is 17.8 Å². The average molecular weight is 488 g/mol. The van der Waals surface area contributed by atoms with E-state index in [1.54, 1.807) is 17.0 Å². The number of fused-ring (bicyclic) bond motifs is 1. The summed E-state index contributed by atoms with van der Waals surface area (Å²) in [5, 5.41) is 7.56. The van der Waals surface area contributed by atoms with Gasteiger partial charge in [-0.25, -0.2) is 4.79 Å². The lowest BCUT2D eigenvalue weighted by Crippen LogP contribution is -2.50. The molecular weight excluding hydrogens is 458 g/mol. The molecule has 0 unspecified atom stereocenters. The molecule has 3 heterocycles. The second-order valence-corrected chi connectivity index (χ2v) is 9.14. The Morgan fingerprint density at radius 1 is 0.972 bits per heavy atom. The third kappa shape index (κ3) is 5.01. The van der Waals surface area contributed by atoms with E-state index in [2.05, 4.69) is 22.3 Å². The van der Waals surface area contributed by atoms with Crippen molar-refractivity contribution in [3.8, 4) is 0 Å². The van der Waals surface area contributed by atoms with Crippen molar-refractivity contribution in [1.29, 1.82) is 0 Å². The summed E-state index contributed by atoms with van der Waals surface area (Å²) in [4.78, 5) is 41.0. The number of carbonyl (C=O) groups excluding carboxylic acids is 3. The first-order valence-electron chi connectivity index (χ1n) is 12.1. The minimum atomic E-state index is -0.357. The zero-order chi connectivity index (χ0) is 25.1. The Balaban J connectivity index is 1.40. The van der Waals surface area contributed by atoms with Crippen LogP contribution in [0, 0.1) is 0 Å². The highest BCUT2D eigenvalue weighted by Gasteiger charge is 2.32. The molecule has 9 nitrogen and oxygen atoms in total. The number of methoxy groups -OCH3 is 1. The van der Waals surface area contributed by atoms with Crippen LogP contribution in [-0.2, 0) is 35.6 Å². The Bertz CT molecular complexity index is 1270. The molecule has 2 aliphatic heterocycles. The Hall–Kier alpha value is -3.98. The van der Waals surface area contributed by atoms with Gasteiger partial charge in [-0.15, -0.1) is 0 Å². The predicted octanol–water partition coefficient (Wildman–Crippen LogP) is 1.85. The van der Waals surface area contributed by atoms with Gasteiger partial charge in [-0.05, 0) is 23.3 Å². The van der Waals surface area contributed by atoms with Crippen molar-refractivity contribution in [3.63, 3.8) is 0 Å². The number of carbonyl (C=O) groups is 3. The number of ether oxygens (including phenoxy) is 1. The first-order chi connectivity index (χ1) is 17.5. The molecule has 186 valence electrons. The Morgan fingerprint density at radius 3 is 2.44 bits per heavy atom. The molecule has 1 saturated heterocycles. The van der Waals surface area contributed by atoms with Crippen LogP contribution in [0.25, 0.3) is 0 Å². The largest absolute Gasteiger partial charge is 0.465 e. The van der Waals surface area contributed by atoms with Crippen molar-refractivity contribution < 1.29 is 19.1 Å². The number of hydrogen-bond acceptors (Lipinski definition) is 6. The maximum absolute atomic E-state index is 13.5. The molecule has 2 amide bonds. The Kier molecular flexibility index (Phi) is 6.81. The molecule has 1 fully saturated rings. The number of esters is 1. The summed E-state index contributed by atoms with van der Waals surface area (Å²) in [6, 6.07) is 17.5. The van der Waals surface area contributed by atoms with E-state index in [0.717, 1.165) is 35.3 Å². The highest BCUT2D eigenvalue weighted by molar-refractivity contribution is 5.97. The molecule has 0 spiro atoms. The number of aromatic nitrogens is 2. The van der Waals surface area contributed by atoms with E-state index in [0.29, 0.717) is 44.0 Å². The molecule has 5 rings (SSSR count). The van der Waals surface area contributed by atoms with Crippen LogP contribution in [0.5, 0.6) is 0 Å². The van der Waals surface area contributed by atoms with E-state index in [4.69, 9.17) is 9.84 Å². The van der Waals surface area contributed by atoms with Crippen molar-refractivity contribution in [2.75, 3.05) is 33.3 Å². The fraction of sp³-hybridized carbons (Fsp3) is 0.333. The third-order valence-electron chi connectivity index (χ3n) is 6.70.